The molecule has 1 rings (SSSR count). The molecule has 0 aliphatic rings. The molecule has 1 aromatic carbocycles. The monoisotopic (exact) mass is 1420 g/mol. The number of Topliss-reactive ketones (excluding diaryl/α,β-unsaturated/α-hetero) is 5. The van der Waals surface area contributed by atoms with Crippen LogP contribution in [0.2, 0.25) is 0 Å². The molecule has 0 aromatic heterocycles. The maximum atomic E-state index is 14.3. The van der Waals surface area contributed by atoms with E-state index < -0.39 is 69.6 Å². The van der Waals surface area contributed by atoms with Gasteiger partial charge in [0.15, 0.2) is 11.6 Å². The van der Waals surface area contributed by atoms with Gasteiger partial charge in [0.1, 0.15) is 42.4 Å². The molecule has 566 valence electrons. The normalized spacial score (nSPS) is 13.3. The maximum absolute atomic E-state index is 14.3. The van der Waals surface area contributed by atoms with Crippen LogP contribution in [-0.2, 0) is 88.2 Å². The zero-order chi connectivity index (χ0) is 73.8. The number of aromatic hydroxyl groups is 1. The molecule has 0 heterocycles. The van der Waals surface area contributed by atoms with E-state index in [4.69, 9.17) is 40.4 Å². The fourth-order valence-corrected chi connectivity index (χ4v) is 11.9. The number of phenolic OH excluding ortho intramolecular Hbond substituents is 1. The predicted octanol–water partition coefficient (Wildman–Crippen LogP) is 7.55. The Morgan fingerprint density at radius 1 is 0.525 bits per heavy atom. The molecular formula is C71H121N7O20S. The SMILES string of the molecule is CC(=O)[C@H](CCC(=O)N[C@@H](CCC(=O)NCCOCCOCC(=O)CCCOCCOCC(=O)NCCCC[C@H](CC(=O)CC(C)C)C(=O)C(C)[C@@H](CCCCC(=N)N)C(=O)C[C@@H](Cc1ccc(O)cc1)C(N)=O)C(=O)O)NC(=O)CCCCCCCCCCCCCCCS(=O)(=O)O.[HH]. The number of ketones is 5. The number of ether oxygens (including phenoxy) is 4. The zero-order valence-electron chi connectivity index (χ0n) is 59.4. The minimum absolute atomic E-state index is 0. The highest BCUT2D eigenvalue weighted by molar-refractivity contribution is 7.85. The minimum atomic E-state index is -3.87. The largest absolute Gasteiger partial charge is 0.508 e. The average Bonchev–Trinajstić information content (AvgIpc) is 0.842. The number of amides is 5. The number of rotatable bonds is 66. The van der Waals surface area contributed by atoms with Gasteiger partial charge in [0.05, 0.1) is 50.7 Å². The molecule has 12 N–H and O–H groups in total. The van der Waals surface area contributed by atoms with Crippen molar-refractivity contribution in [3.05, 3.63) is 29.8 Å². The third-order valence-electron chi connectivity index (χ3n) is 16.9. The summed E-state index contributed by atoms with van der Waals surface area (Å²) in [6.45, 7) is 7.88. The second kappa shape index (κ2) is 55.1. The molecule has 0 saturated heterocycles. The van der Waals surface area contributed by atoms with Crippen LogP contribution in [0.25, 0.3) is 0 Å². The van der Waals surface area contributed by atoms with Crippen molar-refractivity contribution < 1.29 is 96.3 Å². The number of unbranched alkanes of at least 4 members (excludes halogenated alkanes) is 14. The molecule has 27 nitrogen and oxygen atoms in total. The number of hydrogen-bond donors (Lipinski definition) is 10. The van der Waals surface area contributed by atoms with E-state index in [2.05, 4.69) is 21.3 Å². The van der Waals surface area contributed by atoms with Gasteiger partial charge in [-0.25, -0.2) is 4.79 Å². The predicted molar refractivity (Wildman–Crippen MR) is 376 cm³/mol. The zero-order valence-corrected chi connectivity index (χ0v) is 60.2. The summed E-state index contributed by atoms with van der Waals surface area (Å²) >= 11 is 0. The standard InChI is InChI=1S/C71H119N7O20S.H2/c1-51(2)45-59(82)47-55(69(88)52(3)60(25-17-18-26-64(72)73)63(83)48-56(70(74)89)46-54-28-30-57(80)31-29-54)23-19-20-36-75-68(87)50-98-43-40-95-38-22-24-58(81)49-97-42-41-96-39-37-76-65(84)34-33-62(71(90)91)78-67(86)35-32-61(53(4)79)77-66(85)27-16-14-12-10-8-6-5-7-9-11-13-15-21-44-99(92,93)94;/h28-31,51-52,55-56,60-62,80H,5-27,32-50H2,1-4H3,(H3,72,73)(H2,74,89)(H,75,87)(H,76,84)(H,77,85)(H,78,86)(H,90,91)(H,92,93,94);1H/t52?,55-,56-,60-,61+,62+;/m1./s1. The highest BCUT2D eigenvalue weighted by Gasteiger charge is 2.36. The van der Waals surface area contributed by atoms with Crippen LogP contribution in [0.4, 0.5) is 0 Å². The fraction of sp³-hybridized carbons (Fsp3) is 0.746. The van der Waals surface area contributed by atoms with Gasteiger partial charge >= 0.3 is 5.97 Å². The van der Waals surface area contributed by atoms with Gasteiger partial charge in [-0.2, -0.15) is 8.42 Å². The third kappa shape index (κ3) is 49.6. The summed E-state index contributed by atoms with van der Waals surface area (Å²) in [4.78, 5) is 141. The molecule has 1 aromatic rings. The molecule has 0 radical (unpaired) electrons. The smallest absolute Gasteiger partial charge is 0.326 e. The van der Waals surface area contributed by atoms with Crippen LogP contribution in [0.15, 0.2) is 24.3 Å². The first-order valence-corrected chi connectivity index (χ1v) is 37.3. The number of carboxylic acids is 1. The maximum Gasteiger partial charge on any atom is 0.326 e. The third-order valence-corrected chi connectivity index (χ3v) is 17.7. The number of hydrogen-bond acceptors (Lipinski definition) is 19. The summed E-state index contributed by atoms with van der Waals surface area (Å²) in [6.07, 6.45) is 16.0. The number of nitrogens with one attached hydrogen (secondary N) is 5. The van der Waals surface area contributed by atoms with E-state index in [9.17, 15) is 71.4 Å². The van der Waals surface area contributed by atoms with Crippen molar-refractivity contribution in [2.75, 3.05) is 71.7 Å². The van der Waals surface area contributed by atoms with Crippen LogP contribution < -0.4 is 32.7 Å². The summed E-state index contributed by atoms with van der Waals surface area (Å²) in [7, 11) is -3.87. The molecular weight excluding hydrogens is 1300 g/mol. The van der Waals surface area contributed by atoms with Crippen LogP contribution in [-0.4, -0.2) is 177 Å². The molecule has 28 heteroatoms. The van der Waals surface area contributed by atoms with Crippen molar-refractivity contribution in [3.8, 4) is 5.75 Å². The van der Waals surface area contributed by atoms with E-state index in [0.29, 0.717) is 82.7 Å². The number of aliphatic carboxylic acids is 1. The van der Waals surface area contributed by atoms with Crippen molar-refractivity contribution in [1.29, 1.82) is 5.41 Å². The molecule has 6 atom stereocenters. The highest BCUT2D eigenvalue weighted by atomic mass is 32.2. The van der Waals surface area contributed by atoms with Crippen LogP contribution >= 0.6 is 0 Å². The first-order valence-electron chi connectivity index (χ1n) is 35.7. The molecule has 0 fully saturated rings. The van der Waals surface area contributed by atoms with Gasteiger partial charge in [0.25, 0.3) is 10.1 Å². The summed E-state index contributed by atoms with van der Waals surface area (Å²) in [5.74, 6) is -7.92. The number of carboxylic acid groups (broad SMARTS) is 1. The average molecular weight is 1420 g/mol. The Hall–Kier alpha value is -6.59. The molecule has 99 heavy (non-hydrogen) atoms. The van der Waals surface area contributed by atoms with Gasteiger partial charge in [-0.15, -0.1) is 0 Å². The van der Waals surface area contributed by atoms with Crippen LogP contribution in [0, 0.1) is 35.0 Å². The van der Waals surface area contributed by atoms with E-state index >= 15 is 0 Å². The van der Waals surface area contributed by atoms with Crippen LogP contribution in [0.1, 0.15) is 227 Å². The van der Waals surface area contributed by atoms with Crippen LogP contribution in [0.5, 0.6) is 5.75 Å². The number of benzene rings is 1. The first-order chi connectivity index (χ1) is 47.1. The van der Waals surface area contributed by atoms with Crippen molar-refractivity contribution >= 4 is 80.4 Å². The highest BCUT2D eigenvalue weighted by Crippen LogP contribution is 2.31. The van der Waals surface area contributed by atoms with Gasteiger partial charge in [0.2, 0.25) is 29.5 Å². The van der Waals surface area contributed by atoms with E-state index in [1.54, 1.807) is 19.1 Å². The topological polar surface area (TPSA) is 444 Å². The quantitative estimate of drug-likeness (QED) is 0.0130. The molecule has 5 amide bonds. The van der Waals surface area contributed by atoms with E-state index in [-0.39, 0.29) is 183 Å². The Labute approximate surface area is 588 Å². The Balaban J connectivity index is 0.0000980. The molecule has 1 unspecified atom stereocenters. The number of primary amides is 1. The Kier molecular flexibility index (Phi) is 50.4. The first kappa shape index (κ1) is 90.4. The second-order valence-corrected chi connectivity index (χ2v) is 27.9. The number of carbonyl (C=O) groups is 11. The van der Waals surface area contributed by atoms with Gasteiger partial charge in [-0.1, -0.05) is 116 Å². The fourth-order valence-electron chi connectivity index (χ4n) is 11.3. The van der Waals surface area contributed by atoms with E-state index in [1.807, 2.05) is 13.8 Å². The molecule has 0 bridgehead atoms. The summed E-state index contributed by atoms with van der Waals surface area (Å²) in [5.41, 5.74) is 12.0. The van der Waals surface area contributed by atoms with Crippen molar-refractivity contribution in [2.45, 2.75) is 239 Å². The Morgan fingerprint density at radius 3 is 1.64 bits per heavy atom. The lowest BCUT2D eigenvalue weighted by molar-refractivity contribution is -0.142. The van der Waals surface area contributed by atoms with E-state index in [0.717, 1.165) is 70.6 Å². The Morgan fingerprint density at radius 2 is 1.05 bits per heavy atom. The lowest BCUT2D eigenvalue weighted by Crippen LogP contribution is -2.44. The Bertz CT molecular complexity index is 2700. The number of phenols is 1. The number of nitrogens with two attached hydrogens (primary N) is 2. The van der Waals surface area contributed by atoms with E-state index in [1.165, 1.54) is 19.1 Å². The van der Waals surface area contributed by atoms with Gasteiger partial charge in [-0.3, -0.25) is 57.9 Å². The molecule has 0 spiro atoms. The summed E-state index contributed by atoms with van der Waals surface area (Å²) in [5, 5.41) is 37.5. The van der Waals surface area contributed by atoms with Crippen LogP contribution in [0.3, 0.4) is 0 Å². The lowest BCUT2D eigenvalue weighted by Gasteiger charge is -2.27. The number of amidine groups is 1. The second-order valence-electron chi connectivity index (χ2n) is 26.3. The molecule has 0 aliphatic carbocycles. The number of carbonyl (C=O) groups excluding carboxylic acids is 10. The van der Waals surface area contributed by atoms with Crippen molar-refractivity contribution in [2.24, 2.45) is 41.1 Å². The van der Waals surface area contributed by atoms with Crippen molar-refractivity contribution in [1.82, 2.24) is 21.3 Å². The summed E-state index contributed by atoms with van der Waals surface area (Å²) < 4.78 is 52.1. The van der Waals surface area contributed by atoms with Crippen molar-refractivity contribution in [3.63, 3.8) is 0 Å². The summed E-state index contributed by atoms with van der Waals surface area (Å²) in [6, 6.07) is 3.99. The van der Waals surface area contributed by atoms with Gasteiger partial charge in [0, 0.05) is 96.2 Å². The molecule has 0 saturated carbocycles. The van der Waals surface area contributed by atoms with Gasteiger partial charge in [-0.05, 0) is 94.7 Å². The molecule has 0 aliphatic heterocycles. The minimum Gasteiger partial charge on any atom is -0.508 e. The van der Waals surface area contributed by atoms with Gasteiger partial charge < -0.3 is 61.9 Å². The lowest BCUT2D eigenvalue weighted by atomic mass is 9.75.